The zero-order chi connectivity index (χ0) is 16.8. The lowest BCUT2D eigenvalue weighted by Gasteiger charge is -2.24. The van der Waals surface area contributed by atoms with Crippen molar-refractivity contribution in [3.8, 4) is 11.5 Å². The summed E-state index contributed by atoms with van der Waals surface area (Å²) in [5.74, 6) is 1.02. The lowest BCUT2D eigenvalue weighted by atomic mass is 10.1. The highest BCUT2D eigenvalue weighted by molar-refractivity contribution is 5.77. The zero-order valence-electron chi connectivity index (χ0n) is 13.6. The van der Waals surface area contributed by atoms with Crippen LogP contribution < -0.4 is 0 Å². The normalized spacial score (nSPS) is 17.4. The smallest absolute Gasteiger partial charge is 0.227 e. The number of aromatic nitrogens is 3. The maximum Gasteiger partial charge on any atom is 0.227 e. The van der Waals surface area contributed by atoms with Gasteiger partial charge in [-0.15, -0.1) is 0 Å². The average Bonchev–Trinajstić information content (AvgIpc) is 3.28. The van der Waals surface area contributed by atoms with Crippen molar-refractivity contribution in [2.24, 2.45) is 0 Å². The molecule has 7 heteroatoms. The highest BCUT2D eigenvalue weighted by Gasteiger charge is 2.28. The number of aliphatic hydroxyl groups is 1. The number of amides is 1. The summed E-state index contributed by atoms with van der Waals surface area (Å²) in [4.78, 5) is 22.8. The number of carbonyl (C=O) groups excluding carboxylic acids is 1. The van der Waals surface area contributed by atoms with E-state index in [1.54, 1.807) is 6.20 Å². The molecule has 0 spiro atoms. The molecule has 0 aliphatic carbocycles. The lowest BCUT2D eigenvalue weighted by Crippen LogP contribution is -2.35. The minimum Gasteiger partial charge on any atom is -0.396 e. The van der Waals surface area contributed by atoms with Crippen LogP contribution in [0.1, 0.15) is 38.0 Å². The molecular formula is C17H22N4O3. The summed E-state index contributed by atoms with van der Waals surface area (Å²) in [6.45, 7) is 0.981. The SMILES string of the molecule is O=C(CCc1nc(-c2ccccn2)no1)N1CCCC1CCCO. The molecule has 0 radical (unpaired) electrons. The Hall–Kier alpha value is -2.28. The van der Waals surface area contributed by atoms with Gasteiger partial charge >= 0.3 is 0 Å². The second-order valence-corrected chi connectivity index (χ2v) is 5.98. The van der Waals surface area contributed by atoms with E-state index in [2.05, 4.69) is 15.1 Å². The highest BCUT2D eigenvalue weighted by Crippen LogP contribution is 2.22. The fraction of sp³-hybridized carbons (Fsp3) is 0.529. The minimum atomic E-state index is 0.119. The number of pyridine rings is 1. The molecule has 3 heterocycles. The van der Waals surface area contributed by atoms with Crippen molar-refractivity contribution < 1.29 is 14.4 Å². The Morgan fingerprint density at radius 2 is 2.33 bits per heavy atom. The van der Waals surface area contributed by atoms with Gasteiger partial charge in [-0.05, 0) is 37.8 Å². The van der Waals surface area contributed by atoms with Gasteiger partial charge in [0.2, 0.25) is 17.6 Å². The number of aliphatic hydroxyl groups excluding tert-OH is 1. The molecule has 1 unspecified atom stereocenters. The number of carbonyl (C=O) groups is 1. The van der Waals surface area contributed by atoms with Crippen LogP contribution in [0.5, 0.6) is 0 Å². The van der Waals surface area contributed by atoms with Crippen molar-refractivity contribution in [3.05, 3.63) is 30.3 Å². The zero-order valence-corrected chi connectivity index (χ0v) is 13.6. The van der Waals surface area contributed by atoms with Gasteiger partial charge in [-0.1, -0.05) is 11.2 Å². The second kappa shape index (κ2) is 8.01. The first-order chi connectivity index (χ1) is 11.8. The number of likely N-dealkylation sites (tertiary alicyclic amines) is 1. The van der Waals surface area contributed by atoms with Gasteiger partial charge in [0.05, 0.1) is 0 Å². The molecule has 2 aromatic heterocycles. The molecule has 1 N–H and O–H groups in total. The van der Waals surface area contributed by atoms with E-state index in [0.717, 1.165) is 32.2 Å². The molecule has 1 aliphatic rings. The standard InChI is InChI=1S/C17H22N4O3/c22-12-4-6-13-5-3-11-21(13)16(23)9-8-15-19-17(20-24-15)14-7-1-2-10-18-14/h1-2,7,10,13,22H,3-6,8-9,11-12H2. The number of hydrogen-bond donors (Lipinski definition) is 1. The second-order valence-electron chi connectivity index (χ2n) is 5.98. The summed E-state index contributed by atoms with van der Waals surface area (Å²) in [5.41, 5.74) is 0.655. The average molecular weight is 330 g/mol. The molecule has 1 fully saturated rings. The van der Waals surface area contributed by atoms with Gasteiger partial charge in [-0.3, -0.25) is 9.78 Å². The van der Waals surface area contributed by atoms with Crippen LogP contribution in [0.15, 0.2) is 28.9 Å². The molecule has 1 saturated heterocycles. The van der Waals surface area contributed by atoms with Gasteiger partial charge in [0.25, 0.3) is 0 Å². The van der Waals surface area contributed by atoms with E-state index in [0.29, 0.717) is 30.3 Å². The van der Waals surface area contributed by atoms with E-state index in [1.165, 1.54) is 0 Å². The summed E-state index contributed by atoms with van der Waals surface area (Å²) < 4.78 is 5.22. The van der Waals surface area contributed by atoms with Crippen LogP contribution in [0.3, 0.4) is 0 Å². The van der Waals surface area contributed by atoms with E-state index >= 15 is 0 Å². The van der Waals surface area contributed by atoms with Crippen molar-refractivity contribution in [1.82, 2.24) is 20.0 Å². The monoisotopic (exact) mass is 330 g/mol. The van der Waals surface area contributed by atoms with E-state index < -0.39 is 0 Å². The highest BCUT2D eigenvalue weighted by atomic mass is 16.5. The fourth-order valence-corrected chi connectivity index (χ4v) is 3.10. The molecule has 2 aromatic rings. The third kappa shape index (κ3) is 3.97. The van der Waals surface area contributed by atoms with Crippen LogP contribution in [0, 0.1) is 0 Å². The van der Waals surface area contributed by atoms with Crippen molar-refractivity contribution in [2.75, 3.05) is 13.2 Å². The lowest BCUT2D eigenvalue weighted by molar-refractivity contribution is -0.132. The van der Waals surface area contributed by atoms with Crippen LogP contribution in [0.4, 0.5) is 0 Å². The van der Waals surface area contributed by atoms with Crippen molar-refractivity contribution in [3.63, 3.8) is 0 Å². The first kappa shape index (κ1) is 16.6. The molecule has 1 atom stereocenters. The van der Waals surface area contributed by atoms with Crippen LogP contribution >= 0.6 is 0 Å². The Morgan fingerprint density at radius 1 is 1.42 bits per heavy atom. The van der Waals surface area contributed by atoms with Gasteiger partial charge in [0, 0.05) is 38.2 Å². The first-order valence-corrected chi connectivity index (χ1v) is 8.42. The van der Waals surface area contributed by atoms with Crippen LogP contribution in [0.2, 0.25) is 0 Å². The predicted molar refractivity (Wildman–Crippen MR) is 86.9 cm³/mol. The predicted octanol–water partition coefficient (Wildman–Crippen LogP) is 1.83. The van der Waals surface area contributed by atoms with Crippen LogP contribution in [-0.4, -0.2) is 50.2 Å². The van der Waals surface area contributed by atoms with Gasteiger partial charge in [-0.25, -0.2) is 0 Å². The van der Waals surface area contributed by atoms with E-state index in [1.807, 2.05) is 23.1 Å². The number of aryl methyl sites for hydroxylation is 1. The fourth-order valence-electron chi connectivity index (χ4n) is 3.10. The Morgan fingerprint density at radius 3 is 3.12 bits per heavy atom. The van der Waals surface area contributed by atoms with Crippen LogP contribution in [0.25, 0.3) is 11.5 Å². The molecule has 1 amide bonds. The Balaban J connectivity index is 1.54. The van der Waals surface area contributed by atoms with Gasteiger partial charge in [0.15, 0.2) is 0 Å². The molecule has 0 aromatic carbocycles. The quantitative estimate of drug-likeness (QED) is 0.832. The number of hydrogen-bond acceptors (Lipinski definition) is 6. The Labute approximate surface area is 140 Å². The largest absolute Gasteiger partial charge is 0.396 e. The summed E-state index contributed by atoms with van der Waals surface area (Å²) in [6.07, 6.45) is 6.14. The molecule has 128 valence electrons. The Kier molecular flexibility index (Phi) is 5.53. The molecular weight excluding hydrogens is 308 g/mol. The van der Waals surface area contributed by atoms with Crippen molar-refractivity contribution in [1.29, 1.82) is 0 Å². The molecule has 1 aliphatic heterocycles. The van der Waals surface area contributed by atoms with Gasteiger partial charge in [-0.2, -0.15) is 4.98 Å². The topological polar surface area (TPSA) is 92.3 Å². The number of nitrogens with zero attached hydrogens (tertiary/aromatic N) is 4. The molecule has 0 saturated carbocycles. The van der Waals surface area contributed by atoms with Gasteiger partial charge in [0.1, 0.15) is 5.69 Å². The van der Waals surface area contributed by atoms with Crippen LogP contribution in [-0.2, 0) is 11.2 Å². The first-order valence-electron chi connectivity index (χ1n) is 8.42. The number of rotatable bonds is 7. The van der Waals surface area contributed by atoms with Crippen molar-refractivity contribution >= 4 is 5.91 Å². The summed E-state index contributed by atoms with van der Waals surface area (Å²) >= 11 is 0. The minimum absolute atomic E-state index is 0.119. The Bertz CT molecular complexity index is 659. The summed E-state index contributed by atoms with van der Waals surface area (Å²) in [6, 6.07) is 5.76. The van der Waals surface area contributed by atoms with Crippen molar-refractivity contribution in [2.45, 2.75) is 44.6 Å². The van der Waals surface area contributed by atoms with Gasteiger partial charge < -0.3 is 14.5 Å². The maximum absolute atomic E-state index is 12.4. The van der Waals surface area contributed by atoms with E-state index in [4.69, 9.17) is 9.63 Å². The van der Waals surface area contributed by atoms with E-state index in [9.17, 15) is 4.79 Å². The maximum atomic E-state index is 12.4. The third-order valence-electron chi connectivity index (χ3n) is 4.31. The molecule has 24 heavy (non-hydrogen) atoms. The summed E-state index contributed by atoms with van der Waals surface area (Å²) in [7, 11) is 0. The molecule has 0 bridgehead atoms. The molecule has 3 rings (SSSR count). The third-order valence-corrected chi connectivity index (χ3v) is 4.31. The summed E-state index contributed by atoms with van der Waals surface area (Å²) in [5, 5.41) is 12.9. The van der Waals surface area contributed by atoms with E-state index in [-0.39, 0.29) is 18.6 Å². The molecule has 7 nitrogen and oxygen atoms in total.